The summed E-state index contributed by atoms with van der Waals surface area (Å²) in [5.41, 5.74) is 1.48. The van der Waals surface area contributed by atoms with Gasteiger partial charge in [0.05, 0.1) is 16.8 Å². The molecule has 3 aromatic rings. The van der Waals surface area contributed by atoms with Crippen molar-refractivity contribution in [1.82, 2.24) is 15.1 Å². The van der Waals surface area contributed by atoms with Gasteiger partial charge in [-0.15, -0.1) is 0 Å². The van der Waals surface area contributed by atoms with Crippen LogP contribution in [0.5, 0.6) is 0 Å². The predicted molar refractivity (Wildman–Crippen MR) is 104 cm³/mol. The van der Waals surface area contributed by atoms with Gasteiger partial charge >= 0.3 is 0 Å². The van der Waals surface area contributed by atoms with Crippen molar-refractivity contribution in [2.45, 2.75) is 32.4 Å². The Morgan fingerprint density at radius 3 is 2.44 bits per heavy atom. The summed E-state index contributed by atoms with van der Waals surface area (Å²) in [6.45, 7) is 1.81. The lowest BCUT2D eigenvalue weighted by atomic mass is 10.0. The van der Waals surface area contributed by atoms with Crippen molar-refractivity contribution in [2.75, 3.05) is 0 Å². The van der Waals surface area contributed by atoms with Crippen LogP contribution in [0.15, 0.2) is 58.1 Å². The van der Waals surface area contributed by atoms with Crippen molar-refractivity contribution in [1.29, 1.82) is 0 Å². The van der Waals surface area contributed by atoms with Crippen molar-refractivity contribution >= 4 is 16.7 Å². The summed E-state index contributed by atoms with van der Waals surface area (Å²) >= 11 is 0. The summed E-state index contributed by atoms with van der Waals surface area (Å²) in [5, 5.41) is 6.18. The van der Waals surface area contributed by atoms with E-state index in [2.05, 4.69) is 10.4 Å². The molecule has 27 heavy (non-hydrogen) atoms. The number of nitrogens with zero attached hydrogens (tertiary/aromatic N) is 1. The van der Waals surface area contributed by atoms with E-state index in [0.717, 1.165) is 23.1 Å². The van der Waals surface area contributed by atoms with E-state index in [9.17, 15) is 14.4 Å². The second-order valence-corrected chi connectivity index (χ2v) is 7.17. The summed E-state index contributed by atoms with van der Waals surface area (Å²) in [6.07, 6.45) is 2.15. The third-order valence-electron chi connectivity index (χ3n) is 5.03. The molecule has 0 spiro atoms. The number of hydrogen-bond donors (Lipinski definition) is 2. The van der Waals surface area contributed by atoms with Crippen LogP contribution in [-0.2, 0) is 11.3 Å². The quantitative estimate of drug-likeness (QED) is 0.729. The normalized spacial score (nSPS) is 14.9. The minimum absolute atomic E-state index is 0.0685. The molecule has 4 rings (SSSR count). The number of H-pyrrole nitrogens is 1. The van der Waals surface area contributed by atoms with Crippen LogP contribution in [0.4, 0.5) is 0 Å². The second-order valence-electron chi connectivity index (χ2n) is 7.17. The Bertz CT molecular complexity index is 1110. The van der Waals surface area contributed by atoms with E-state index in [1.165, 1.54) is 5.56 Å². The van der Waals surface area contributed by atoms with Gasteiger partial charge in [-0.3, -0.25) is 19.5 Å². The lowest BCUT2D eigenvalue weighted by molar-refractivity contribution is -0.122. The number of amides is 1. The Morgan fingerprint density at radius 1 is 1.11 bits per heavy atom. The first-order chi connectivity index (χ1) is 13.0. The first-order valence-corrected chi connectivity index (χ1v) is 9.11. The third-order valence-corrected chi connectivity index (χ3v) is 5.03. The fraction of sp³-hybridized carbons (Fsp3) is 0.286. The molecule has 1 fully saturated rings. The van der Waals surface area contributed by atoms with Gasteiger partial charge in [-0.05, 0) is 43.4 Å². The highest BCUT2D eigenvalue weighted by Crippen LogP contribution is 2.41. The molecular formula is C21H21N3O3. The maximum Gasteiger partial charge on any atom is 0.273 e. The third kappa shape index (κ3) is 3.56. The van der Waals surface area contributed by atoms with Gasteiger partial charge in [0.25, 0.3) is 11.1 Å². The van der Waals surface area contributed by atoms with E-state index in [4.69, 9.17) is 0 Å². The molecule has 0 aliphatic heterocycles. The Balaban J connectivity index is 1.58. The van der Waals surface area contributed by atoms with Crippen LogP contribution >= 0.6 is 0 Å². The number of nitrogens with one attached hydrogen (secondary N) is 2. The average molecular weight is 363 g/mol. The fourth-order valence-corrected chi connectivity index (χ4v) is 3.40. The molecule has 1 heterocycles. The van der Waals surface area contributed by atoms with Gasteiger partial charge < -0.3 is 5.32 Å². The number of aromatic nitrogens is 2. The molecular weight excluding hydrogens is 342 g/mol. The average Bonchev–Trinajstić information content (AvgIpc) is 3.50. The summed E-state index contributed by atoms with van der Waals surface area (Å²) in [4.78, 5) is 37.4. The highest BCUT2D eigenvalue weighted by Gasteiger charge is 2.33. The number of carbonyl (C=O) groups excluding carboxylic acids is 1. The van der Waals surface area contributed by atoms with Crippen LogP contribution < -0.4 is 16.4 Å². The molecule has 0 radical (unpaired) electrons. The maximum atomic E-state index is 12.6. The number of aromatic amines is 1. The highest BCUT2D eigenvalue weighted by atomic mass is 16.2. The van der Waals surface area contributed by atoms with Gasteiger partial charge in [0.2, 0.25) is 5.91 Å². The number of benzene rings is 2. The van der Waals surface area contributed by atoms with Crippen LogP contribution in [0.2, 0.25) is 0 Å². The number of fused-ring (bicyclic) bond motifs is 1. The largest absolute Gasteiger partial charge is 0.347 e. The number of aryl methyl sites for hydroxylation is 1. The second kappa shape index (κ2) is 6.87. The molecule has 1 amide bonds. The van der Waals surface area contributed by atoms with E-state index in [0.29, 0.717) is 16.7 Å². The highest BCUT2D eigenvalue weighted by molar-refractivity contribution is 5.81. The molecule has 0 bridgehead atoms. The molecule has 1 aromatic heterocycles. The zero-order valence-corrected chi connectivity index (χ0v) is 15.1. The van der Waals surface area contributed by atoms with E-state index in [1.807, 2.05) is 31.2 Å². The molecule has 138 valence electrons. The zero-order valence-electron chi connectivity index (χ0n) is 15.1. The van der Waals surface area contributed by atoms with E-state index >= 15 is 0 Å². The predicted octanol–water partition coefficient (Wildman–Crippen LogP) is 2.27. The van der Waals surface area contributed by atoms with Crippen LogP contribution in [0.1, 0.15) is 30.0 Å². The maximum absolute atomic E-state index is 12.6. The monoisotopic (exact) mass is 363 g/mol. The molecule has 0 saturated heterocycles. The summed E-state index contributed by atoms with van der Waals surface area (Å²) in [6, 6.07) is 14.7. The standard InChI is InChI=1S/C21H21N3O3/c1-13-6-8-14(9-7-13)19(15-10-11-15)22-18(25)12-24-21(27)17-5-3-2-4-16(17)20(26)23-24/h2-9,15,19H,10-12H2,1H3,(H,22,25)(H,23,26). The first kappa shape index (κ1) is 17.3. The smallest absolute Gasteiger partial charge is 0.273 e. The van der Waals surface area contributed by atoms with Crippen LogP contribution in [-0.4, -0.2) is 15.7 Å². The first-order valence-electron chi connectivity index (χ1n) is 9.11. The van der Waals surface area contributed by atoms with E-state index in [-0.39, 0.29) is 29.6 Å². The van der Waals surface area contributed by atoms with Crippen LogP contribution in [0, 0.1) is 12.8 Å². The number of rotatable bonds is 5. The molecule has 1 unspecified atom stereocenters. The molecule has 2 aromatic carbocycles. The Kier molecular flexibility index (Phi) is 4.39. The number of carbonyl (C=O) groups is 1. The summed E-state index contributed by atoms with van der Waals surface area (Å²) < 4.78 is 1.08. The van der Waals surface area contributed by atoms with Gasteiger partial charge in [0, 0.05) is 0 Å². The minimum atomic E-state index is -0.379. The molecule has 6 heteroatoms. The molecule has 2 N–H and O–H groups in total. The van der Waals surface area contributed by atoms with Crippen molar-refractivity contribution in [3.8, 4) is 0 Å². The lowest BCUT2D eigenvalue weighted by Crippen LogP contribution is -2.38. The van der Waals surface area contributed by atoms with Crippen LogP contribution in [0.3, 0.4) is 0 Å². The Hall–Kier alpha value is -3.15. The molecule has 1 aliphatic rings. The van der Waals surface area contributed by atoms with Crippen molar-refractivity contribution in [3.05, 3.63) is 80.4 Å². The van der Waals surface area contributed by atoms with Crippen molar-refractivity contribution in [2.24, 2.45) is 5.92 Å². The van der Waals surface area contributed by atoms with Gasteiger partial charge in [-0.1, -0.05) is 42.0 Å². The van der Waals surface area contributed by atoms with Gasteiger partial charge in [0.1, 0.15) is 6.54 Å². The Morgan fingerprint density at radius 2 is 1.78 bits per heavy atom. The van der Waals surface area contributed by atoms with Crippen molar-refractivity contribution in [3.63, 3.8) is 0 Å². The summed E-state index contributed by atoms with van der Waals surface area (Å²) in [7, 11) is 0. The van der Waals surface area contributed by atoms with Crippen LogP contribution in [0.25, 0.3) is 10.8 Å². The molecule has 6 nitrogen and oxygen atoms in total. The molecule has 1 saturated carbocycles. The topological polar surface area (TPSA) is 84.0 Å². The van der Waals surface area contributed by atoms with Gasteiger partial charge in [0.15, 0.2) is 0 Å². The lowest BCUT2D eigenvalue weighted by Gasteiger charge is -2.19. The van der Waals surface area contributed by atoms with Gasteiger partial charge in [-0.25, -0.2) is 4.68 Å². The van der Waals surface area contributed by atoms with E-state index < -0.39 is 0 Å². The number of hydrogen-bond acceptors (Lipinski definition) is 3. The van der Waals surface area contributed by atoms with E-state index in [1.54, 1.807) is 24.3 Å². The van der Waals surface area contributed by atoms with Gasteiger partial charge in [-0.2, -0.15) is 0 Å². The minimum Gasteiger partial charge on any atom is -0.347 e. The fourth-order valence-electron chi connectivity index (χ4n) is 3.40. The Labute approximate surface area is 155 Å². The summed E-state index contributed by atoms with van der Waals surface area (Å²) in [5.74, 6) is 0.129. The van der Waals surface area contributed by atoms with Crippen molar-refractivity contribution < 1.29 is 4.79 Å². The molecule has 1 aliphatic carbocycles. The SMILES string of the molecule is Cc1ccc(C(NC(=O)Cn2[nH]c(=O)c3ccccc3c2=O)C2CC2)cc1. The molecule has 1 atom stereocenters. The zero-order chi connectivity index (χ0) is 19.0.